The Morgan fingerprint density at radius 2 is 1.95 bits per heavy atom. The zero-order chi connectivity index (χ0) is 15.3. The van der Waals surface area contributed by atoms with Gasteiger partial charge < -0.3 is 15.5 Å². The van der Waals surface area contributed by atoms with Gasteiger partial charge in [0.1, 0.15) is 0 Å². The summed E-state index contributed by atoms with van der Waals surface area (Å²) in [5.41, 5.74) is -1.14. The van der Waals surface area contributed by atoms with Gasteiger partial charge in [-0.3, -0.25) is 4.79 Å². The molecule has 1 aromatic rings. The van der Waals surface area contributed by atoms with Gasteiger partial charge in [-0.05, 0) is 18.2 Å². The van der Waals surface area contributed by atoms with Crippen LogP contribution >= 0.6 is 0 Å². The van der Waals surface area contributed by atoms with E-state index in [1.54, 1.807) is 0 Å². The molecule has 0 saturated heterocycles. The third-order valence-corrected chi connectivity index (χ3v) is 2.44. The fraction of sp³-hybridized carbons (Fsp3) is 0.333. The number of carbonyl (C=O) groups excluding carboxylic acids is 1. The number of aliphatic hydroxyl groups excluding tert-OH is 1. The van der Waals surface area contributed by atoms with Crippen molar-refractivity contribution in [3.8, 4) is 0 Å². The minimum Gasteiger partial charge on any atom is -0.479 e. The molecule has 0 aliphatic heterocycles. The van der Waals surface area contributed by atoms with Gasteiger partial charge in [0.25, 0.3) is 5.91 Å². The van der Waals surface area contributed by atoms with Gasteiger partial charge in [0.05, 0.1) is 5.56 Å². The van der Waals surface area contributed by atoms with E-state index in [1.807, 2.05) is 0 Å². The van der Waals surface area contributed by atoms with E-state index in [-0.39, 0.29) is 18.5 Å². The number of hydrogen-bond donors (Lipinski definition) is 3. The first kappa shape index (κ1) is 16.0. The largest absolute Gasteiger partial charge is 0.479 e. The van der Waals surface area contributed by atoms with Crippen LogP contribution in [0.3, 0.4) is 0 Å². The summed E-state index contributed by atoms with van der Waals surface area (Å²) in [6.45, 7) is -0.164. The summed E-state index contributed by atoms with van der Waals surface area (Å²) in [4.78, 5) is 21.9. The van der Waals surface area contributed by atoms with Gasteiger partial charge in [0, 0.05) is 18.5 Å². The quantitative estimate of drug-likeness (QED) is 0.762. The predicted molar refractivity (Wildman–Crippen MR) is 62.0 cm³/mol. The maximum absolute atomic E-state index is 12.4. The molecule has 0 spiro atoms. The molecule has 0 bridgehead atoms. The molecule has 8 heteroatoms. The van der Waals surface area contributed by atoms with Gasteiger partial charge in [0.15, 0.2) is 6.10 Å². The first-order valence-electron chi connectivity index (χ1n) is 5.58. The molecule has 1 unspecified atom stereocenters. The van der Waals surface area contributed by atoms with Crippen LogP contribution in [0, 0.1) is 0 Å². The molecule has 1 atom stereocenters. The Bertz CT molecular complexity index is 502. The van der Waals surface area contributed by atoms with Gasteiger partial charge in [-0.15, -0.1) is 0 Å². The van der Waals surface area contributed by atoms with Crippen LogP contribution in [0.4, 0.5) is 13.2 Å². The van der Waals surface area contributed by atoms with E-state index in [9.17, 15) is 22.8 Å². The lowest BCUT2D eigenvalue weighted by Crippen LogP contribution is -2.30. The zero-order valence-corrected chi connectivity index (χ0v) is 10.1. The highest BCUT2D eigenvalue weighted by Crippen LogP contribution is 2.29. The number of benzene rings is 1. The molecule has 0 aliphatic rings. The van der Waals surface area contributed by atoms with Crippen LogP contribution < -0.4 is 5.32 Å². The molecule has 1 rings (SSSR count). The van der Waals surface area contributed by atoms with Crippen molar-refractivity contribution in [3.05, 3.63) is 35.4 Å². The Balaban J connectivity index is 2.62. The number of rotatable bonds is 5. The van der Waals surface area contributed by atoms with E-state index in [4.69, 9.17) is 10.2 Å². The highest BCUT2D eigenvalue weighted by Gasteiger charge is 2.30. The van der Waals surface area contributed by atoms with Gasteiger partial charge in [0.2, 0.25) is 0 Å². The topological polar surface area (TPSA) is 86.6 Å². The second-order valence-corrected chi connectivity index (χ2v) is 3.98. The van der Waals surface area contributed by atoms with Crippen molar-refractivity contribution in [2.75, 3.05) is 6.54 Å². The summed E-state index contributed by atoms with van der Waals surface area (Å²) in [5, 5.41) is 19.6. The number of halogens is 3. The number of aliphatic hydroxyl groups is 1. The van der Waals surface area contributed by atoms with Gasteiger partial charge in [-0.25, -0.2) is 4.79 Å². The summed E-state index contributed by atoms with van der Waals surface area (Å²) in [6, 6.07) is 3.84. The second kappa shape index (κ2) is 6.38. The van der Waals surface area contributed by atoms with E-state index in [0.717, 1.165) is 12.1 Å². The van der Waals surface area contributed by atoms with Gasteiger partial charge in [-0.1, -0.05) is 6.07 Å². The summed E-state index contributed by atoms with van der Waals surface area (Å²) < 4.78 is 37.3. The monoisotopic (exact) mass is 291 g/mol. The third-order valence-electron chi connectivity index (χ3n) is 2.44. The normalized spacial score (nSPS) is 12.8. The van der Waals surface area contributed by atoms with Crippen LogP contribution in [-0.2, 0) is 11.0 Å². The van der Waals surface area contributed by atoms with Gasteiger partial charge in [-0.2, -0.15) is 13.2 Å². The standard InChI is InChI=1S/C12H12F3NO4/c13-12(14,15)8-3-1-2-7(6-8)10(18)16-5-4-9(17)11(19)20/h1-3,6,9,17H,4-5H2,(H,16,18)(H,19,20). The minimum atomic E-state index is -4.55. The van der Waals surface area contributed by atoms with Crippen molar-refractivity contribution in [3.63, 3.8) is 0 Å². The summed E-state index contributed by atoms with van der Waals surface area (Å²) in [6.07, 6.45) is -6.41. The average molecular weight is 291 g/mol. The molecule has 0 fully saturated rings. The van der Waals surface area contributed by atoms with E-state index >= 15 is 0 Å². The maximum atomic E-state index is 12.4. The van der Waals surface area contributed by atoms with Crippen molar-refractivity contribution in [2.24, 2.45) is 0 Å². The number of nitrogens with one attached hydrogen (secondary N) is 1. The predicted octanol–water partition coefficient (Wildman–Crippen LogP) is 1.27. The van der Waals surface area contributed by atoms with E-state index in [2.05, 4.69) is 5.32 Å². The first-order chi connectivity index (χ1) is 9.21. The number of carbonyl (C=O) groups is 2. The fourth-order valence-corrected chi connectivity index (χ4v) is 1.38. The SMILES string of the molecule is O=C(NCCC(O)C(=O)O)c1cccc(C(F)(F)F)c1. The fourth-order valence-electron chi connectivity index (χ4n) is 1.38. The molecule has 3 N–H and O–H groups in total. The summed E-state index contributed by atoms with van der Waals surface area (Å²) in [7, 11) is 0. The molecule has 0 aromatic heterocycles. The second-order valence-electron chi connectivity index (χ2n) is 3.98. The average Bonchev–Trinajstić information content (AvgIpc) is 2.37. The van der Waals surface area contributed by atoms with Crippen LogP contribution in [0.25, 0.3) is 0 Å². The Hall–Kier alpha value is -2.09. The molecule has 0 aliphatic carbocycles. The lowest BCUT2D eigenvalue weighted by Gasteiger charge is -2.10. The number of hydrogen-bond acceptors (Lipinski definition) is 3. The van der Waals surface area contributed by atoms with Crippen LogP contribution in [0.15, 0.2) is 24.3 Å². The molecular weight excluding hydrogens is 279 g/mol. The van der Waals surface area contributed by atoms with E-state index in [1.165, 1.54) is 6.07 Å². The van der Waals surface area contributed by atoms with Crippen LogP contribution in [-0.4, -0.2) is 34.7 Å². The first-order valence-corrected chi connectivity index (χ1v) is 5.58. The zero-order valence-electron chi connectivity index (χ0n) is 10.1. The Morgan fingerprint density at radius 3 is 2.50 bits per heavy atom. The molecule has 0 radical (unpaired) electrons. The lowest BCUT2D eigenvalue weighted by atomic mass is 10.1. The lowest BCUT2D eigenvalue weighted by molar-refractivity contribution is -0.146. The number of aliphatic carboxylic acids is 1. The molecule has 0 saturated carbocycles. The molecule has 20 heavy (non-hydrogen) atoms. The maximum Gasteiger partial charge on any atom is 0.416 e. The third kappa shape index (κ3) is 4.54. The van der Waals surface area contributed by atoms with Crippen LogP contribution in [0.1, 0.15) is 22.3 Å². The van der Waals surface area contributed by atoms with Crippen molar-refractivity contribution < 1.29 is 33.0 Å². The smallest absolute Gasteiger partial charge is 0.416 e. The van der Waals surface area contributed by atoms with Gasteiger partial charge >= 0.3 is 12.1 Å². The van der Waals surface area contributed by atoms with Crippen LogP contribution in [0.2, 0.25) is 0 Å². The van der Waals surface area contributed by atoms with E-state index in [0.29, 0.717) is 6.07 Å². The highest BCUT2D eigenvalue weighted by molar-refractivity contribution is 5.94. The molecule has 1 aromatic carbocycles. The van der Waals surface area contributed by atoms with E-state index < -0.39 is 29.7 Å². The summed E-state index contributed by atoms with van der Waals surface area (Å²) in [5.74, 6) is -2.20. The van der Waals surface area contributed by atoms with Crippen molar-refractivity contribution in [1.82, 2.24) is 5.32 Å². The van der Waals surface area contributed by atoms with Crippen molar-refractivity contribution in [1.29, 1.82) is 0 Å². The number of carboxylic acid groups (broad SMARTS) is 1. The van der Waals surface area contributed by atoms with Crippen LogP contribution in [0.5, 0.6) is 0 Å². The molecule has 0 heterocycles. The molecule has 5 nitrogen and oxygen atoms in total. The van der Waals surface area contributed by atoms with Crippen molar-refractivity contribution >= 4 is 11.9 Å². The van der Waals surface area contributed by atoms with Crippen molar-refractivity contribution in [2.45, 2.75) is 18.7 Å². The Labute approximate surface area is 112 Å². The molecular formula is C12H12F3NO4. The Kier molecular flexibility index (Phi) is 5.09. The molecule has 1 amide bonds. The number of amides is 1. The summed E-state index contributed by atoms with van der Waals surface area (Å²) >= 11 is 0. The number of carboxylic acids is 1. The Morgan fingerprint density at radius 1 is 1.30 bits per heavy atom. The highest BCUT2D eigenvalue weighted by atomic mass is 19.4. The number of alkyl halides is 3. The molecule has 110 valence electrons. The minimum absolute atomic E-state index is 0.164.